The maximum Gasteiger partial charge on any atom is 0.343 e. The summed E-state index contributed by atoms with van der Waals surface area (Å²) >= 11 is 0. The second-order valence-electron chi connectivity index (χ2n) is 9.78. The van der Waals surface area contributed by atoms with Crippen LogP contribution in [0.4, 0.5) is 0 Å². The Morgan fingerprint density at radius 3 is 2.23 bits per heavy atom. The molecule has 0 amide bonds. The number of esters is 2. The lowest BCUT2D eigenvalue weighted by Gasteiger charge is -2.17. The average Bonchev–Trinajstić information content (AvgIpc) is 3.77. The molecule has 5 rings (SSSR count). The third-order valence-electron chi connectivity index (χ3n) is 6.86. The number of aldehydes is 3. The Bertz CT molecular complexity index is 1460. The van der Waals surface area contributed by atoms with Gasteiger partial charge in [-0.1, -0.05) is 18.2 Å². The fourth-order valence-electron chi connectivity index (χ4n) is 4.51. The summed E-state index contributed by atoms with van der Waals surface area (Å²) in [5.74, 6) is -0.629. The fourth-order valence-corrected chi connectivity index (χ4v) is 4.51. The van der Waals surface area contributed by atoms with Crippen molar-refractivity contribution in [2.24, 2.45) is 5.92 Å². The summed E-state index contributed by atoms with van der Waals surface area (Å²) in [6.45, 7) is 0. The molecule has 0 spiro atoms. The number of hydrogen-bond donors (Lipinski definition) is 0. The molecule has 0 saturated heterocycles. The van der Waals surface area contributed by atoms with E-state index in [1.165, 1.54) is 6.07 Å². The Balaban J connectivity index is 1.34. The molecule has 1 saturated carbocycles. The molecule has 1 fully saturated rings. The van der Waals surface area contributed by atoms with Crippen LogP contribution in [0.5, 0.6) is 5.75 Å². The molecule has 4 atom stereocenters. The van der Waals surface area contributed by atoms with Gasteiger partial charge in [0.15, 0.2) is 0 Å². The summed E-state index contributed by atoms with van der Waals surface area (Å²) < 4.78 is 17.2. The minimum absolute atomic E-state index is 0.0696. The van der Waals surface area contributed by atoms with E-state index in [0.29, 0.717) is 41.9 Å². The molecule has 4 unspecified atom stereocenters. The largest absolute Gasteiger partial charge is 0.490 e. The van der Waals surface area contributed by atoms with E-state index in [1.807, 2.05) is 0 Å². The average molecular weight is 539 g/mol. The van der Waals surface area contributed by atoms with Crippen LogP contribution in [0, 0.1) is 5.92 Å². The molecule has 3 aliphatic carbocycles. The Hall–Kier alpha value is -4.85. The van der Waals surface area contributed by atoms with Crippen LogP contribution < -0.4 is 4.74 Å². The first-order valence-corrected chi connectivity index (χ1v) is 12.9. The topological polar surface area (TPSA) is 113 Å². The number of carbonyl (C=O) groups is 5. The summed E-state index contributed by atoms with van der Waals surface area (Å²) in [7, 11) is 0. The monoisotopic (exact) mass is 538 g/mol. The van der Waals surface area contributed by atoms with Crippen molar-refractivity contribution in [1.82, 2.24) is 0 Å². The molecule has 202 valence electrons. The van der Waals surface area contributed by atoms with Crippen molar-refractivity contribution < 1.29 is 38.2 Å². The van der Waals surface area contributed by atoms with Crippen LogP contribution >= 0.6 is 0 Å². The van der Waals surface area contributed by atoms with Crippen molar-refractivity contribution in [2.45, 2.75) is 37.4 Å². The maximum absolute atomic E-state index is 13.1. The lowest BCUT2D eigenvalue weighted by Crippen LogP contribution is -2.18. The molecule has 0 heterocycles. The number of ether oxygens (including phenoxy) is 3. The number of allylic oxidation sites excluding steroid dienone is 5. The van der Waals surface area contributed by atoms with Gasteiger partial charge in [0.25, 0.3) is 0 Å². The van der Waals surface area contributed by atoms with Crippen molar-refractivity contribution in [2.75, 3.05) is 0 Å². The minimum Gasteiger partial charge on any atom is -0.490 e. The molecule has 8 nitrogen and oxygen atoms in total. The van der Waals surface area contributed by atoms with Crippen molar-refractivity contribution >= 4 is 30.8 Å². The minimum atomic E-state index is -0.643. The van der Waals surface area contributed by atoms with Gasteiger partial charge in [-0.2, -0.15) is 0 Å². The highest BCUT2D eigenvalue weighted by Crippen LogP contribution is 2.44. The van der Waals surface area contributed by atoms with Gasteiger partial charge in [0.2, 0.25) is 0 Å². The van der Waals surface area contributed by atoms with E-state index in [-0.39, 0.29) is 29.1 Å². The highest BCUT2D eigenvalue weighted by molar-refractivity contribution is 5.96. The normalized spacial score (nSPS) is 22.8. The predicted molar refractivity (Wildman–Crippen MR) is 144 cm³/mol. The first-order chi connectivity index (χ1) is 19.4. The third kappa shape index (κ3) is 6.40. The second kappa shape index (κ2) is 11.9. The van der Waals surface area contributed by atoms with E-state index in [4.69, 9.17) is 14.2 Å². The van der Waals surface area contributed by atoms with E-state index in [2.05, 4.69) is 0 Å². The lowest BCUT2D eigenvalue weighted by molar-refractivity contribution is -0.110. The zero-order valence-electron chi connectivity index (χ0n) is 21.4. The Morgan fingerprint density at radius 1 is 0.825 bits per heavy atom. The number of carbonyl (C=O) groups excluding carboxylic acids is 5. The molecule has 40 heavy (non-hydrogen) atoms. The summed E-state index contributed by atoms with van der Waals surface area (Å²) in [5, 5.41) is 0. The van der Waals surface area contributed by atoms with Crippen LogP contribution in [0.25, 0.3) is 0 Å². The predicted octanol–water partition coefficient (Wildman–Crippen LogP) is 4.86. The van der Waals surface area contributed by atoms with Gasteiger partial charge in [-0.05, 0) is 79.1 Å². The van der Waals surface area contributed by atoms with Crippen LogP contribution in [0.3, 0.4) is 0 Å². The molecular weight excluding hydrogens is 512 g/mol. The molecule has 2 aromatic rings. The summed E-state index contributed by atoms with van der Waals surface area (Å²) in [6.07, 6.45) is 13.0. The van der Waals surface area contributed by atoms with Crippen LogP contribution in [0.2, 0.25) is 0 Å². The van der Waals surface area contributed by atoms with Crippen LogP contribution in [-0.2, 0) is 19.1 Å². The molecule has 0 bridgehead atoms. The SMILES string of the molecule is O=CC1=CCC(OC(=O)c2cc(C(=O)OC3=CCC(C=O)C=C3)cc(C3CC3Oc3ccc(C=O)cc3)c2)C=C1. The molecule has 0 radical (unpaired) electrons. The number of rotatable bonds is 10. The summed E-state index contributed by atoms with van der Waals surface area (Å²) in [6, 6.07) is 11.6. The second-order valence-corrected chi connectivity index (χ2v) is 9.78. The van der Waals surface area contributed by atoms with E-state index in [0.717, 1.165) is 24.4 Å². The van der Waals surface area contributed by atoms with Gasteiger partial charge in [0, 0.05) is 29.4 Å². The summed E-state index contributed by atoms with van der Waals surface area (Å²) in [4.78, 5) is 59.1. The van der Waals surface area contributed by atoms with Crippen LogP contribution in [-0.4, -0.2) is 43.0 Å². The highest BCUT2D eigenvalue weighted by atomic mass is 16.5. The first-order valence-electron chi connectivity index (χ1n) is 12.9. The zero-order valence-corrected chi connectivity index (χ0v) is 21.4. The van der Waals surface area contributed by atoms with Gasteiger partial charge in [-0.15, -0.1) is 0 Å². The van der Waals surface area contributed by atoms with Gasteiger partial charge in [0.05, 0.1) is 11.1 Å². The van der Waals surface area contributed by atoms with Gasteiger partial charge in [-0.25, -0.2) is 9.59 Å². The lowest BCUT2D eigenvalue weighted by atomic mass is 10.0. The molecule has 0 aliphatic heterocycles. The quantitative estimate of drug-likeness (QED) is 0.311. The maximum atomic E-state index is 13.1. The summed E-state index contributed by atoms with van der Waals surface area (Å²) in [5.41, 5.74) is 2.17. The van der Waals surface area contributed by atoms with E-state index < -0.39 is 18.0 Å². The smallest absolute Gasteiger partial charge is 0.343 e. The van der Waals surface area contributed by atoms with Crippen molar-refractivity contribution in [1.29, 1.82) is 0 Å². The molecule has 0 N–H and O–H groups in total. The van der Waals surface area contributed by atoms with Gasteiger partial charge in [0.1, 0.15) is 42.6 Å². The molecular formula is C32H26O8. The Labute approximate surface area is 230 Å². The standard InChI is InChI=1S/C32H26O8/c33-17-20-1-7-26(8-2-20)38-30-16-29(30)23-13-24(31(36)39-27-9-3-21(18-34)4-10-27)15-25(14-23)32(37)40-28-11-5-22(19-35)6-12-28/h1-5,7-9,11-15,17-19,22,27,29-30H,6,10,16H2. The van der Waals surface area contributed by atoms with Crippen LogP contribution in [0.1, 0.15) is 61.8 Å². The van der Waals surface area contributed by atoms with E-state index in [1.54, 1.807) is 72.9 Å². The number of hydrogen-bond acceptors (Lipinski definition) is 8. The van der Waals surface area contributed by atoms with Crippen molar-refractivity contribution in [3.8, 4) is 5.75 Å². The zero-order chi connectivity index (χ0) is 28.1. The van der Waals surface area contributed by atoms with Crippen LogP contribution in [0.15, 0.2) is 90.3 Å². The van der Waals surface area contributed by atoms with E-state index >= 15 is 0 Å². The highest BCUT2D eigenvalue weighted by Gasteiger charge is 2.41. The van der Waals surface area contributed by atoms with Gasteiger partial charge >= 0.3 is 11.9 Å². The van der Waals surface area contributed by atoms with E-state index in [9.17, 15) is 24.0 Å². The third-order valence-corrected chi connectivity index (χ3v) is 6.86. The Kier molecular flexibility index (Phi) is 7.96. The first kappa shape index (κ1) is 26.7. The molecule has 3 aliphatic rings. The molecule has 0 aromatic heterocycles. The number of benzene rings is 2. The van der Waals surface area contributed by atoms with Gasteiger partial charge < -0.3 is 19.0 Å². The van der Waals surface area contributed by atoms with Gasteiger partial charge in [-0.3, -0.25) is 9.59 Å². The Morgan fingerprint density at radius 2 is 1.60 bits per heavy atom. The van der Waals surface area contributed by atoms with Crippen molar-refractivity contribution in [3.05, 3.63) is 113 Å². The fraction of sp³-hybridized carbons (Fsp3) is 0.219. The molecule has 8 heteroatoms. The van der Waals surface area contributed by atoms with Crippen molar-refractivity contribution in [3.63, 3.8) is 0 Å². The molecule has 2 aromatic carbocycles.